The van der Waals surface area contributed by atoms with E-state index in [1.807, 2.05) is 18.2 Å². The molecule has 1 fully saturated rings. The number of methoxy groups -OCH3 is 1. The second kappa shape index (κ2) is 7.63. The van der Waals surface area contributed by atoms with E-state index in [0.717, 1.165) is 43.8 Å². The van der Waals surface area contributed by atoms with E-state index in [2.05, 4.69) is 30.5 Å². The molecule has 0 radical (unpaired) electrons. The van der Waals surface area contributed by atoms with Gasteiger partial charge in [-0.05, 0) is 55.0 Å². The topological polar surface area (TPSA) is 50.4 Å². The first-order valence-electron chi connectivity index (χ1n) is 8.14. The molecular formula is C18H28N2O2. The van der Waals surface area contributed by atoms with Gasteiger partial charge in [0, 0.05) is 13.0 Å². The molecule has 1 amide bonds. The van der Waals surface area contributed by atoms with Crippen LogP contribution < -0.4 is 15.4 Å². The van der Waals surface area contributed by atoms with E-state index in [1.165, 1.54) is 0 Å². The first kappa shape index (κ1) is 16.8. The predicted octanol–water partition coefficient (Wildman–Crippen LogP) is 2.69. The Balaban J connectivity index is 1.83. The first-order chi connectivity index (χ1) is 10.5. The van der Waals surface area contributed by atoms with Crippen molar-refractivity contribution in [3.63, 3.8) is 0 Å². The number of piperidine rings is 1. The molecular weight excluding hydrogens is 276 g/mol. The van der Waals surface area contributed by atoms with Crippen LogP contribution in [0.2, 0.25) is 0 Å². The lowest BCUT2D eigenvalue weighted by Crippen LogP contribution is -2.43. The van der Waals surface area contributed by atoms with Gasteiger partial charge >= 0.3 is 0 Å². The highest BCUT2D eigenvalue weighted by molar-refractivity contribution is 5.76. The summed E-state index contributed by atoms with van der Waals surface area (Å²) in [5.74, 6) is 1.16. The van der Waals surface area contributed by atoms with Gasteiger partial charge in [-0.2, -0.15) is 0 Å². The van der Waals surface area contributed by atoms with Crippen LogP contribution in [-0.2, 0) is 4.79 Å². The molecule has 1 aliphatic rings. The van der Waals surface area contributed by atoms with Gasteiger partial charge in [0.2, 0.25) is 5.91 Å². The van der Waals surface area contributed by atoms with Gasteiger partial charge in [0.1, 0.15) is 5.75 Å². The lowest BCUT2D eigenvalue weighted by Gasteiger charge is -2.34. The Kier molecular flexibility index (Phi) is 5.83. The van der Waals surface area contributed by atoms with Crippen LogP contribution >= 0.6 is 0 Å². The molecule has 2 rings (SSSR count). The Labute approximate surface area is 133 Å². The predicted molar refractivity (Wildman–Crippen MR) is 89.2 cm³/mol. The maximum atomic E-state index is 12.2. The van der Waals surface area contributed by atoms with Gasteiger partial charge in [-0.1, -0.05) is 26.0 Å². The first-order valence-corrected chi connectivity index (χ1v) is 8.14. The summed E-state index contributed by atoms with van der Waals surface area (Å²) >= 11 is 0. The number of benzene rings is 1. The molecule has 1 atom stereocenters. The molecule has 4 heteroatoms. The SMILES string of the molecule is COc1cccc(C(C)CC(=O)NCC2(C)CCNCC2)c1. The summed E-state index contributed by atoms with van der Waals surface area (Å²) in [6.07, 6.45) is 2.76. The molecule has 1 aromatic carbocycles. The average Bonchev–Trinajstić information content (AvgIpc) is 2.54. The number of nitrogens with one attached hydrogen (secondary N) is 2. The van der Waals surface area contributed by atoms with E-state index < -0.39 is 0 Å². The third-order valence-electron chi connectivity index (χ3n) is 4.68. The molecule has 22 heavy (non-hydrogen) atoms. The van der Waals surface area contributed by atoms with Crippen LogP contribution in [0.4, 0.5) is 0 Å². The minimum Gasteiger partial charge on any atom is -0.497 e. The number of amides is 1. The third kappa shape index (κ3) is 4.73. The highest BCUT2D eigenvalue weighted by atomic mass is 16.5. The Morgan fingerprint density at radius 3 is 2.82 bits per heavy atom. The third-order valence-corrected chi connectivity index (χ3v) is 4.68. The molecule has 1 aromatic rings. The maximum Gasteiger partial charge on any atom is 0.220 e. The summed E-state index contributed by atoms with van der Waals surface area (Å²) in [5.41, 5.74) is 1.38. The van der Waals surface area contributed by atoms with Crippen molar-refractivity contribution in [1.29, 1.82) is 0 Å². The Morgan fingerprint density at radius 2 is 2.14 bits per heavy atom. The number of carbonyl (C=O) groups is 1. The molecule has 4 nitrogen and oxygen atoms in total. The van der Waals surface area contributed by atoms with Crippen molar-refractivity contribution in [3.8, 4) is 5.75 Å². The van der Waals surface area contributed by atoms with Gasteiger partial charge in [0.25, 0.3) is 0 Å². The van der Waals surface area contributed by atoms with Crippen LogP contribution in [0, 0.1) is 5.41 Å². The highest BCUT2D eigenvalue weighted by Crippen LogP contribution is 2.27. The lowest BCUT2D eigenvalue weighted by atomic mass is 9.81. The number of carbonyl (C=O) groups excluding carboxylic acids is 1. The number of hydrogen-bond donors (Lipinski definition) is 2. The molecule has 1 aliphatic heterocycles. The largest absolute Gasteiger partial charge is 0.497 e. The molecule has 122 valence electrons. The minimum atomic E-state index is 0.134. The standard InChI is InChI=1S/C18H28N2O2/c1-14(15-5-4-6-16(12-15)22-3)11-17(21)20-13-18(2)7-9-19-10-8-18/h4-6,12,14,19H,7-11,13H2,1-3H3,(H,20,21). The van der Waals surface area contributed by atoms with Crippen molar-refractivity contribution in [2.45, 2.75) is 39.0 Å². The van der Waals surface area contributed by atoms with Crippen LogP contribution in [0.15, 0.2) is 24.3 Å². The van der Waals surface area contributed by atoms with Crippen molar-refractivity contribution >= 4 is 5.91 Å². The molecule has 2 N–H and O–H groups in total. The van der Waals surface area contributed by atoms with Gasteiger partial charge in [-0.3, -0.25) is 4.79 Å². The van der Waals surface area contributed by atoms with Gasteiger partial charge in [0.15, 0.2) is 0 Å². The summed E-state index contributed by atoms with van der Waals surface area (Å²) in [4.78, 5) is 12.2. The van der Waals surface area contributed by atoms with Crippen molar-refractivity contribution < 1.29 is 9.53 Å². The second-order valence-electron chi connectivity index (χ2n) is 6.72. The van der Waals surface area contributed by atoms with Crippen molar-refractivity contribution in [2.75, 3.05) is 26.7 Å². The zero-order valence-corrected chi connectivity index (χ0v) is 13.9. The van der Waals surface area contributed by atoms with Gasteiger partial charge in [-0.15, -0.1) is 0 Å². The summed E-state index contributed by atoms with van der Waals surface area (Å²) in [6.45, 7) is 7.22. The molecule has 0 spiro atoms. The molecule has 1 unspecified atom stereocenters. The Morgan fingerprint density at radius 1 is 1.41 bits per heavy atom. The van der Waals surface area contributed by atoms with Crippen LogP contribution in [0.1, 0.15) is 44.6 Å². The van der Waals surface area contributed by atoms with E-state index in [0.29, 0.717) is 6.42 Å². The summed E-state index contributed by atoms with van der Waals surface area (Å²) in [7, 11) is 1.66. The fraction of sp³-hybridized carbons (Fsp3) is 0.611. The summed E-state index contributed by atoms with van der Waals surface area (Å²) < 4.78 is 5.24. The molecule has 0 aliphatic carbocycles. The van der Waals surface area contributed by atoms with Crippen molar-refractivity contribution in [3.05, 3.63) is 29.8 Å². The monoisotopic (exact) mass is 304 g/mol. The van der Waals surface area contributed by atoms with Crippen LogP contribution in [-0.4, -0.2) is 32.7 Å². The number of ether oxygens (including phenoxy) is 1. The maximum absolute atomic E-state index is 12.2. The lowest BCUT2D eigenvalue weighted by molar-refractivity contribution is -0.122. The molecule has 1 saturated heterocycles. The van der Waals surface area contributed by atoms with E-state index in [-0.39, 0.29) is 17.2 Å². The summed E-state index contributed by atoms with van der Waals surface area (Å²) in [5, 5.41) is 6.49. The fourth-order valence-electron chi connectivity index (χ4n) is 2.94. The average molecular weight is 304 g/mol. The molecule has 0 aromatic heterocycles. The highest BCUT2D eigenvalue weighted by Gasteiger charge is 2.27. The molecule has 0 bridgehead atoms. The summed E-state index contributed by atoms with van der Waals surface area (Å²) in [6, 6.07) is 7.95. The van der Waals surface area contributed by atoms with Crippen LogP contribution in [0.3, 0.4) is 0 Å². The number of rotatable bonds is 6. The smallest absolute Gasteiger partial charge is 0.220 e. The van der Waals surface area contributed by atoms with Crippen LogP contribution in [0.25, 0.3) is 0 Å². The van der Waals surface area contributed by atoms with E-state index in [1.54, 1.807) is 7.11 Å². The van der Waals surface area contributed by atoms with E-state index in [9.17, 15) is 4.79 Å². The quantitative estimate of drug-likeness (QED) is 0.849. The van der Waals surface area contributed by atoms with E-state index in [4.69, 9.17) is 4.74 Å². The van der Waals surface area contributed by atoms with Crippen molar-refractivity contribution in [2.24, 2.45) is 5.41 Å². The Hall–Kier alpha value is -1.55. The number of hydrogen-bond acceptors (Lipinski definition) is 3. The van der Waals surface area contributed by atoms with E-state index >= 15 is 0 Å². The fourth-order valence-corrected chi connectivity index (χ4v) is 2.94. The second-order valence-corrected chi connectivity index (χ2v) is 6.72. The van der Waals surface area contributed by atoms with Crippen molar-refractivity contribution in [1.82, 2.24) is 10.6 Å². The molecule has 0 saturated carbocycles. The minimum absolute atomic E-state index is 0.134. The van der Waals surface area contributed by atoms with Gasteiger partial charge in [-0.25, -0.2) is 0 Å². The van der Waals surface area contributed by atoms with Crippen LogP contribution in [0.5, 0.6) is 5.75 Å². The van der Waals surface area contributed by atoms with Gasteiger partial charge < -0.3 is 15.4 Å². The van der Waals surface area contributed by atoms with Gasteiger partial charge in [0.05, 0.1) is 7.11 Å². The molecule has 1 heterocycles. The zero-order valence-electron chi connectivity index (χ0n) is 13.9. The Bertz CT molecular complexity index is 496. The normalized spacial score (nSPS) is 18.5. The zero-order chi connectivity index (χ0) is 16.0.